The van der Waals surface area contributed by atoms with E-state index >= 15 is 0 Å². The van der Waals surface area contributed by atoms with Crippen molar-refractivity contribution in [3.8, 4) is 11.5 Å². The quantitative estimate of drug-likeness (QED) is 0.713. The van der Waals surface area contributed by atoms with Crippen LogP contribution in [0.3, 0.4) is 0 Å². The molecule has 0 bridgehead atoms. The van der Waals surface area contributed by atoms with Gasteiger partial charge in [0.05, 0.1) is 0 Å². The first-order valence-electron chi connectivity index (χ1n) is 6.11. The van der Waals surface area contributed by atoms with Gasteiger partial charge >= 0.3 is 0 Å². The van der Waals surface area contributed by atoms with Crippen molar-refractivity contribution in [2.45, 2.75) is 13.3 Å². The highest BCUT2D eigenvalue weighted by molar-refractivity contribution is 9.10. The number of rotatable bonds is 2. The third kappa shape index (κ3) is 2.36. The molecule has 1 heterocycles. The molecule has 4 heteroatoms. The molecule has 2 N–H and O–H groups in total. The van der Waals surface area contributed by atoms with E-state index in [9.17, 15) is 0 Å². The minimum absolute atomic E-state index is 0.594. The van der Waals surface area contributed by atoms with E-state index in [2.05, 4.69) is 40.0 Å². The van der Waals surface area contributed by atoms with Crippen LogP contribution in [-0.2, 0) is 6.42 Å². The smallest absolute Gasteiger partial charge is 0.227 e. The molecule has 0 aliphatic heterocycles. The van der Waals surface area contributed by atoms with E-state index in [1.165, 1.54) is 5.56 Å². The number of hydrogen-bond donors (Lipinski definition) is 1. The molecular weight excluding hydrogens is 304 g/mol. The fraction of sp³-hybridized carbons (Fsp3) is 0.133. The average molecular weight is 317 g/mol. The maximum atomic E-state index is 5.84. The molecule has 3 rings (SSSR count). The van der Waals surface area contributed by atoms with Gasteiger partial charge in [-0.1, -0.05) is 28.9 Å². The summed E-state index contributed by atoms with van der Waals surface area (Å²) in [5.41, 5.74) is 10.3. The molecule has 0 radical (unpaired) electrons. The normalized spacial score (nSPS) is 11.1. The minimum atomic E-state index is 0.594. The number of nitrogen functional groups attached to an aromatic ring is 1. The van der Waals surface area contributed by atoms with Crippen LogP contribution in [0.5, 0.6) is 0 Å². The first-order chi connectivity index (χ1) is 9.15. The molecule has 3 nitrogen and oxygen atoms in total. The summed E-state index contributed by atoms with van der Waals surface area (Å²) in [7, 11) is 0. The second-order valence-electron chi connectivity index (χ2n) is 4.45. The molecule has 1 aromatic heterocycles. The molecule has 0 unspecified atom stereocenters. The number of nitrogens with two attached hydrogens (primary N) is 1. The topological polar surface area (TPSA) is 52.0 Å². The van der Waals surface area contributed by atoms with Gasteiger partial charge in [-0.15, -0.1) is 0 Å². The maximum absolute atomic E-state index is 5.84. The summed E-state index contributed by atoms with van der Waals surface area (Å²) >= 11 is 3.43. The molecule has 3 aromatic rings. The summed E-state index contributed by atoms with van der Waals surface area (Å²) in [5.74, 6) is 0.594. The maximum Gasteiger partial charge on any atom is 0.227 e. The highest BCUT2D eigenvalue weighted by Gasteiger charge is 2.09. The first kappa shape index (κ1) is 12.2. The molecule has 0 atom stereocenters. The summed E-state index contributed by atoms with van der Waals surface area (Å²) in [6, 6.07) is 11.7. The third-order valence-electron chi connectivity index (χ3n) is 3.03. The summed E-state index contributed by atoms with van der Waals surface area (Å²) in [4.78, 5) is 4.53. The summed E-state index contributed by atoms with van der Waals surface area (Å²) in [5, 5.41) is 0. The average Bonchev–Trinajstić information content (AvgIpc) is 2.80. The molecule has 0 fully saturated rings. The molecular formula is C15H13BrN2O. The number of fused-ring (bicyclic) bond motifs is 1. The highest BCUT2D eigenvalue weighted by atomic mass is 79.9. The number of halogens is 1. The third-order valence-corrected chi connectivity index (χ3v) is 3.49. The van der Waals surface area contributed by atoms with Crippen molar-refractivity contribution in [1.29, 1.82) is 0 Å². The van der Waals surface area contributed by atoms with Crippen LogP contribution in [0.1, 0.15) is 12.5 Å². The standard InChI is InChI=1S/C15H13BrN2O/c1-2-9-3-4-14-13(5-9)18-15(19-14)10-6-11(16)8-12(17)7-10/h3-8H,2,17H2,1H3. The largest absolute Gasteiger partial charge is 0.436 e. The van der Waals surface area contributed by atoms with Gasteiger partial charge in [0.1, 0.15) is 5.52 Å². The number of aryl methyl sites for hydroxylation is 1. The molecule has 0 aliphatic carbocycles. The van der Waals surface area contributed by atoms with Crippen LogP contribution >= 0.6 is 15.9 Å². The lowest BCUT2D eigenvalue weighted by molar-refractivity contribution is 0.620. The lowest BCUT2D eigenvalue weighted by Crippen LogP contribution is -1.86. The summed E-state index contributed by atoms with van der Waals surface area (Å²) < 4.78 is 6.69. The van der Waals surface area contributed by atoms with Crippen LogP contribution in [0.15, 0.2) is 45.3 Å². The molecule has 19 heavy (non-hydrogen) atoms. The van der Waals surface area contributed by atoms with Crippen LogP contribution in [0.25, 0.3) is 22.6 Å². The van der Waals surface area contributed by atoms with Gasteiger partial charge in [-0.25, -0.2) is 4.98 Å². The Labute approximate surface area is 119 Å². The lowest BCUT2D eigenvalue weighted by atomic mass is 10.1. The molecule has 96 valence electrons. The van der Waals surface area contributed by atoms with Gasteiger partial charge in [0, 0.05) is 15.7 Å². The van der Waals surface area contributed by atoms with Crippen LogP contribution in [0.4, 0.5) is 5.69 Å². The number of benzene rings is 2. The molecule has 0 spiro atoms. The molecule has 0 saturated carbocycles. The van der Waals surface area contributed by atoms with Gasteiger partial charge < -0.3 is 10.2 Å². The Morgan fingerprint density at radius 3 is 2.79 bits per heavy atom. The second kappa shape index (κ2) is 4.70. The van der Waals surface area contributed by atoms with Crippen LogP contribution in [0, 0.1) is 0 Å². The van der Waals surface area contributed by atoms with E-state index in [-0.39, 0.29) is 0 Å². The van der Waals surface area contributed by atoms with E-state index in [1.807, 2.05) is 24.3 Å². The van der Waals surface area contributed by atoms with Crippen molar-refractivity contribution in [1.82, 2.24) is 4.98 Å². The van der Waals surface area contributed by atoms with Gasteiger partial charge in [-0.2, -0.15) is 0 Å². The van der Waals surface area contributed by atoms with Crippen LogP contribution < -0.4 is 5.73 Å². The van der Waals surface area contributed by atoms with Crippen molar-refractivity contribution in [2.24, 2.45) is 0 Å². The fourth-order valence-electron chi connectivity index (χ4n) is 2.05. The van der Waals surface area contributed by atoms with E-state index < -0.39 is 0 Å². The van der Waals surface area contributed by atoms with Crippen molar-refractivity contribution < 1.29 is 4.42 Å². The zero-order valence-corrected chi connectivity index (χ0v) is 12.1. The van der Waals surface area contributed by atoms with Crippen molar-refractivity contribution in [2.75, 3.05) is 5.73 Å². The fourth-order valence-corrected chi connectivity index (χ4v) is 2.56. The van der Waals surface area contributed by atoms with Gasteiger partial charge in [0.2, 0.25) is 5.89 Å². The SMILES string of the molecule is CCc1ccc2oc(-c3cc(N)cc(Br)c3)nc2c1. The predicted molar refractivity (Wildman–Crippen MR) is 80.9 cm³/mol. The lowest BCUT2D eigenvalue weighted by Gasteiger charge is -1.99. The molecule has 0 aliphatic rings. The van der Waals surface area contributed by atoms with Crippen molar-refractivity contribution in [3.05, 3.63) is 46.4 Å². The Bertz CT molecular complexity index is 729. The van der Waals surface area contributed by atoms with E-state index in [0.717, 1.165) is 27.6 Å². The van der Waals surface area contributed by atoms with E-state index in [4.69, 9.17) is 10.2 Å². The first-order valence-corrected chi connectivity index (χ1v) is 6.91. The summed E-state index contributed by atoms with van der Waals surface area (Å²) in [6.45, 7) is 2.12. The van der Waals surface area contributed by atoms with E-state index in [1.54, 1.807) is 0 Å². The Morgan fingerprint density at radius 2 is 2.05 bits per heavy atom. The van der Waals surface area contributed by atoms with E-state index in [0.29, 0.717) is 11.6 Å². The van der Waals surface area contributed by atoms with Crippen molar-refractivity contribution in [3.63, 3.8) is 0 Å². The van der Waals surface area contributed by atoms with Gasteiger partial charge in [-0.05, 0) is 42.3 Å². The molecule has 0 saturated heterocycles. The Balaban J connectivity index is 2.14. The number of oxazole rings is 1. The van der Waals surface area contributed by atoms with Crippen LogP contribution in [-0.4, -0.2) is 4.98 Å². The number of nitrogens with zero attached hydrogens (tertiary/aromatic N) is 1. The van der Waals surface area contributed by atoms with Gasteiger partial charge in [0.25, 0.3) is 0 Å². The zero-order chi connectivity index (χ0) is 13.4. The van der Waals surface area contributed by atoms with Crippen LogP contribution in [0.2, 0.25) is 0 Å². The zero-order valence-electron chi connectivity index (χ0n) is 10.5. The number of aromatic nitrogens is 1. The summed E-state index contributed by atoms with van der Waals surface area (Å²) in [6.07, 6.45) is 0.988. The predicted octanol–water partition coefficient (Wildman–Crippen LogP) is 4.40. The Morgan fingerprint density at radius 1 is 1.21 bits per heavy atom. The second-order valence-corrected chi connectivity index (χ2v) is 5.36. The number of anilines is 1. The van der Waals surface area contributed by atoms with Crippen molar-refractivity contribution >= 4 is 32.7 Å². The van der Waals surface area contributed by atoms with Gasteiger partial charge in [0.15, 0.2) is 5.58 Å². The van der Waals surface area contributed by atoms with Gasteiger partial charge in [-0.3, -0.25) is 0 Å². The Hall–Kier alpha value is -1.81. The Kier molecular flexibility index (Phi) is 3.03. The molecule has 2 aromatic carbocycles. The number of hydrogen-bond acceptors (Lipinski definition) is 3. The highest BCUT2D eigenvalue weighted by Crippen LogP contribution is 2.28. The minimum Gasteiger partial charge on any atom is -0.436 e. The molecule has 0 amide bonds. The monoisotopic (exact) mass is 316 g/mol.